The summed E-state index contributed by atoms with van der Waals surface area (Å²) in [6.45, 7) is 2.22. The van der Waals surface area contributed by atoms with Crippen molar-refractivity contribution in [1.29, 1.82) is 0 Å². The molecule has 0 aliphatic heterocycles. The SMILES string of the molecule is CCOC(=O)Cc1ccccc1-c1ccc2c(OC)cccc2c1. The van der Waals surface area contributed by atoms with Crippen molar-refractivity contribution < 1.29 is 14.3 Å². The van der Waals surface area contributed by atoms with Gasteiger partial charge in [-0.3, -0.25) is 4.79 Å². The van der Waals surface area contributed by atoms with Gasteiger partial charge in [0.25, 0.3) is 0 Å². The maximum atomic E-state index is 11.9. The second-order valence-electron chi connectivity index (χ2n) is 5.54. The van der Waals surface area contributed by atoms with Crippen LogP contribution in [0.4, 0.5) is 0 Å². The summed E-state index contributed by atoms with van der Waals surface area (Å²) in [6.07, 6.45) is 0.278. The maximum absolute atomic E-state index is 11.9. The lowest BCUT2D eigenvalue weighted by atomic mass is 9.95. The van der Waals surface area contributed by atoms with Crippen molar-refractivity contribution in [1.82, 2.24) is 0 Å². The number of carbonyl (C=O) groups is 1. The molecule has 0 radical (unpaired) electrons. The van der Waals surface area contributed by atoms with E-state index >= 15 is 0 Å². The van der Waals surface area contributed by atoms with Crippen molar-refractivity contribution in [3.63, 3.8) is 0 Å². The minimum absolute atomic E-state index is 0.201. The highest BCUT2D eigenvalue weighted by atomic mass is 16.5. The Morgan fingerprint density at radius 3 is 2.62 bits per heavy atom. The van der Waals surface area contributed by atoms with Crippen molar-refractivity contribution in [3.8, 4) is 16.9 Å². The number of hydrogen-bond donors (Lipinski definition) is 0. The van der Waals surface area contributed by atoms with E-state index in [1.54, 1.807) is 7.11 Å². The number of benzene rings is 3. The predicted octanol–water partition coefficient (Wildman–Crippen LogP) is 4.62. The summed E-state index contributed by atoms with van der Waals surface area (Å²) in [5, 5.41) is 2.18. The van der Waals surface area contributed by atoms with E-state index in [1.165, 1.54) is 0 Å². The van der Waals surface area contributed by atoms with E-state index in [0.29, 0.717) is 6.61 Å². The molecule has 0 heterocycles. The first-order chi connectivity index (χ1) is 11.7. The fourth-order valence-corrected chi connectivity index (χ4v) is 2.92. The molecule has 3 aromatic carbocycles. The van der Waals surface area contributed by atoms with Crippen LogP contribution in [-0.4, -0.2) is 19.7 Å². The van der Waals surface area contributed by atoms with Crippen LogP contribution in [0.2, 0.25) is 0 Å². The summed E-state index contributed by atoms with van der Waals surface area (Å²) in [6, 6.07) is 20.2. The van der Waals surface area contributed by atoms with Gasteiger partial charge in [0, 0.05) is 5.39 Å². The maximum Gasteiger partial charge on any atom is 0.310 e. The standard InChI is InChI=1S/C21H20O3/c1-3-24-21(22)14-16-7-4-5-9-18(16)17-11-12-19-15(13-17)8-6-10-20(19)23-2/h4-13H,3,14H2,1-2H3. The Hall–Kier alpha value is -2.81. The topological polar surface area (TPSA) is 35.5 Å². The van der Waals surface area contributed by atoms with Crippen LogP contribution < -0.4 is 4.74 Å². The van der Waals surface area contributed by atoms with Gasteiger partial charge in [0.15, 0.2) is 0 Å². The molecule has 0 fully saturated rings. The lowest BCUT2D eigenvalue weighted by Crippen LogP contribution is -2.08. The van der Waals surface area contributed by atoms with Gasteiger partial charge in [-0.25, -0.2) is 0 Å². The van der Waals surface area contributed by atoms with E-state index in [4.69, 9.17) is 9.47 Å². The van der Waals surface area contributed by atoms with Crippen LogP contribution in [0.5, 0.6) is 5.75 Å². The highest BCUT2D eigenvalue weighted by Gasteiger charge is 2.11. The molecular formula is C21H20O3. The Balaban J connectivity index is 2.03. The summed E-state index contributed by atoms with van der Waals surface area (Å²) in [5.74, 6) is 0.659. The van der Waals surface area contributed by atoms with Gasteiger partial charge in [0.2, 0.25) is 0 Å². The fourth-order valence-electron chi connectivity index (χ4n) is 2.92. The van der Waals surface area contributed by atoms with Crippen molar-refractivity contribution in [2.24, 2.45) is 0 Å². The molecule has 0 spiro atoms. The molecule has 0 saturated carbocycles. The normalized spacial score (nSPS) is 10.6. The van der Waals surface area contributed by atoms with Crippen LogP contribution in [0.1, 0.15) is 12.5 Å². The first kappa shape index (κ1) is 16.1. The van der Waals surface area contributed by atoms with Crippen LogP contribution >= 0.6 is 0 Å². The third-order valence-corrected chi connectivity index (χ3v) is 4.03. The summed E-state index contributed by atoms with van der Waals surface area (Å²) in [4.78, 5) is 11.9. The van der Waals surface area contributed by atoms with E-state index in [1.807, 2.05) is 43.3 Å². The Morgan fingerprint density at radius 2 is 1.83 bits per heavy atom. The van der Waals surface area contributed by atoms with Gasteiger partial charge >= 0.3 is 5.97 Å². The molecule has 3 aromatic rings. The molecular weight excluding hydrogens is 300 g/mol. The Kier molecular flexibility index (Phi) is 4.80. The Morgan fingerprint density at radius 1 is 1.00 bits per heavy atom. The first-order valence-corrected chi connectivity index (χ1v) is 8.03. The van der Waals surface area contributed by atoms with Crippen molar-refractivity contribution >= 4 is 16.7 Å². The highest BCUT2D eigenvalue weighted by Crippen LogP contribution is 2.31. The number of hydrogen-bond acceptors (Lipinski definition) is 3. The number of methoxy groups -OCH3 is 1. The fraction of sp³-hybridized carbons (Fsp3) is 0.190. The summed E-state index contributed by atoms with van der Waals surface area (Å²) in [7, 11) is 1.68. The van der Waals surface area contributed by atoms with Crippen LogP contribution in [0, 0.1) is 0 Å². The minimum Gasteiger partial charge on any atom is -0.496 e. The molecule has 24 heavy (non-hydrogen) atoms. The average molecular weight is 320 g/mol. The molecule has 3 rings (SSSR count). The zero-order chi connectivity index (χ0) is 16.9. The van der Waals surface area contributed by atoms with Crippen molar-refractivity contribution in [2.45, 2.75) is 13.3 Å². The van der Waals surface area contributed by atoms with E-state index in [-0.39, 0.29) is 12.4 Å². The lowest BCUT2D eigenvalue weighted by molar-refractivity contribution is -0.142. The molecule has 0 aliphatic carbocycles. The molecule has 0 N–H and O–H groups in total. The number of ether oxygens (including phenoxy) is 2. The third-order valence-electron chi connectivity index (χ3n) is 4.03. The quantitative estimate of drug-likeness (QED) is 0.643. The van der Waals surface area contributed by atoms with Crippen LogP contribution in [0.15, 0.2) is 60.7 Å². The Bertz CT molecular complexity index is 868. The first-order valence-electron chi connectivity index (χ1n) is 8.03. The number of fused-ring (bicyclic) bond motifs is 1. The van der Waals surface area contributed by atoms with Crippen LogP contribution in [0.3, 0.4) is 0 Å². The van der Waals surface area contributed by atoms with E-state index < -0.39 is 0 Å². The van der Waals surface area contributed by atoms with E-state index in [9.17, 15) is 4.79 Å². The predicted molar refractivity (Wildman–Crippen MR) is 96.3 cm³/mol. The largest absolute Gasteiger partial charge is 0.496 e. The summed E-state index contributed by atoms with van der Waals surface area (Å²) < 4.78 is 10.5. The summed E-state index contributed by atoms with van der Waals surface area (Å²) in [5.41, 5.74) is 3.10. The van der Waals surface area contributed by atoms with Gasteiger partial charge in [-0.05, 0) is 41.1 Å². The molecule has 3 nitrogen and oxygen atoms in total. The molecule has 3 heteroatoms. The molecule has 0 atom stereocenters. The van der Waals surface area contributed by atoms with Crippen LogP contribution in [0.25, 0.3) is 21.9 Å². The Labute approximate surface area is 141 Å². The van der Waals surface area contributed by atoms with Crippen LogP contribution in [-0.2, 0) is 16.0 Å². The van der Waals surface area contributed by atoms with Gasteiger partial charge in [0.05, 0.1) is 20.1 Å². The number of esters is 1. The molecule has 0 bridgehead atoms. The van der Waals surface area contributed by atoms with Gasteiger partial charge in [-0.15, -0.1) is 0 Å². The highest BCUT2D eigenvalue weighted by molar-refractivity contribution is 5.92. The van der Waals surface area contributed by atoms with Gasteiger partial charge in [0.1, 0.15) is 5.75 Å². The molecule has 0 aromatic heterocycles. The second-order valence-corrected chi connectivity index (χ2v) is 5.54. The second kappa shape index (κ2) is 7.18. The van der Waals surface area contributed by atoms with E-state index in [2.05, 4.69) is 24.3 Å². The zero-order valence-corrected chi connectivity index (χ0v) is 13.9. The molecule has 122 valence electrons. The molecule has 0 amide bonds. The van der Waals surface area contributed by atoms with Gasteiger partial charge in [-0.2, -0.15) is 0 Å². The molecule has 0 aliphatic rings. The van der Waals surface area contributed by atoms with Crippen molar-refractivity contribution in [2.75, 3.05) is 13.7 Å². The van der Waals surface area contributed by atoms with E-state index in [0.717, 1.165) is 33.2 Å². The van der Waals surface area contributed by atoms with Gasteiger partial charge in [-0.1, -0.05) is 48.5 Å². The summed E-state index contributed by atoms with van der Waals surface area (Å²) >= 11 is 0. The van der Waals surface area contributed by atoms with Crippen molar-refractivity contribution in [3.05, 3.63) is 66.2 Å². The van der Waals surface area contributed by atoms with Gasteiger partial charge < -0.3 is 9.47 Å². The molecule has 0 saturated heterocycles. The smallest absolute Gasteiger partial charge is 0.310 e. The number of carbonyl (C=O) groups excluding carboxylic acids is 1. The lowest BCUT2D eigenvalue weighted by Gasteiger charge is -2.11. The monoisotopic (exact) mass is 320 g/mol. The third kappa shape index (κ3) is 3.25. The average Bonchev–Trinajstić information content (AvgIpc) is 2.61. The number of rotatable bonds is 5. The zero-order valence-electron chi connectivity index (χ0n) is 13.9. The molecule has 0 unspecified atom stereocenters. The minimum atomic E-state index is -0.201.